The van der Waals surface area contributed by atoms with Crippen molar-refractivity contribution in [3.05, 3.63) is 45.8 Å². The molecule has 2 aromatic rings. The van der Waals surface area contributed by atoms with Crippen LogP contribution in [-0.4, -0.2) is 38.7 Å². The van der Waals surface area contributed by atoms with Crippen molar-refractivity contribution in [1.82, 2.24) is 0 Å². The molecule has 138 valence electrons. The number of esters is 2. The summed E-state index contributed by atoms with van der Waals surface area (Å²) in [5, 5.41) is 2.89. The first-order valence-electron chi connectivity index (χ1n) is 7.77. The van der Waals surface area contributed by atoms with E-state index in [9.17, 15) is 14.4 Å². The fraction of sp³-hybridized carbons (Fsp3) is 0.278. The number of ether oxygens (including phenoxy) is 3. The molecule has 2 rings (SSSR count). The van der Waals surface area contributed by atoms with Crippen molar-refractivity contribution < 1.29 is 28.6 Å². The fourth-order valence-corrected chi connectivity index (χ4v) is 3.41. The zero-order valence-corrected chi connectivity index (χ0v) is 15.7. The molecule has 0 saturated heterocycles. The highest BCUT2D eigenvalue weighted by molar-refractivity contribution is 7.18. The van der Waals surface area contributed by atoms with Crippen molar-refractivity contribution in [3.8, 4) is 5.75 Å². The van der Waals surface area contributed by atoms with Crippen molar-refractivity contribution in [2.75, 3.05) is 26.1 Å². The van der Waals surface area contributed by atoms with Gasteiger partial charge in [-0.05, 0) is 37.6 Å². The van der Waals surface area contributed by atoms with E-state index in [1.165, 1.54) is 14.2 Å². The molecule has 0 radical (unpaired) electrons. The molecule has 0 atom stereocenters. The Morgan fingerprint density at radius 3 is 2.42 bits per heavy atom. The summed E-state index contributed by atoms with van der Waals surface area (Å²) in [6, 6.07) is 6.65. The van der Waals surface area contributed by atoms with Crippen LogP contribution in [0.2, 0.25) is 0 Å². The van der Waals surface area contributed by atoms with Gasteiger partial charge in [0.1, 0.15) is 15.6 Å². The van der Waals surface area contributed by atoms with Gasteiger partial charge in [0.25, 0.3) is 5.91 Å². The molecule has 0 unspecified atom stereocenters. The van der Waals surface area contributed by atoms with Gasteiger partial charge in [-0.15, -0.1) is 11.3 Å². The quantitative estimate of drug-likeness (QED) is 0.777. The van der Waals surface area contributed by atoms with Crippen molar-refractivity contribution in [3.63, 3.8) is 0 Å². The van der Waals surface area contributed by atoms with Crippen LogP contribution in [0.5, 0.6) is 5.75 Å². The molecule has 1 N–H and O–H groups in total. The van der Waals surface area contributed by atoms with E-state index in [-0.39, 0.29) is 15.4 Å². The summed E-state index contributed by atoms with van der Waals surface area (Å²) in [7, 11) is 2.48. The lowest BCUT2D eigenvalue weighted by atomic mass is 10.1. The number of nitrogens with one attached hydrogen (secondary N) is 1. The van der Waals surface area contributed by atoms with Gasteiger partial charge in [0.2, 0.25) is 0 Å². The highest BCUT2D eigenvalue weighted by atomic mass is 32.1. The van der Waals surface area contributed by atoms with Gasteiger partial charge in [-0.2, -0.15) is 0 Å². The molecular weight excluding hydrogens is 358 g/mol. The molecule has 1 amide bonds. The lowest BCUT2D eigenvalue weighted by Crippen LogP contribution is -2.14. The van der Waals surface area contributed by atoms with E-state index in [4.69, 9.17) is 14.2 Å². The third-order valence-corrected chi connectivity index (χ3v) is 4.73. The summed E-state index contributed by atoms with van der Waals surface area (Å²) < 4.78 is 14.9. The van der Waals surface area contributed by atoms with Crippen LogP contribution < -0.4 is 10.1 Å². The minimum Gasteiger partial charge on any atom is -0.494 e. The topological polar surface area (TPSA) is 90.9 Å². The summed E-state index contributed by atoms with van der Waals surface area (Å²) >= 11 is 0.961. The van der Waals surface area contributed by atoms with Gasteiger partial charge in [0.15, 0.2) is 0 Å². The number of amides is 1. The Morgan fingerprint density at radius 1 is 1.12 bits per heavy atom. The summed E-state index contributed by atoms with van der Waals surface area (Å²) in [4.78, 5) is 36.8. The number of rotatable bonds is 6. The Morgan fingerprint density at radius 2 is 1.81 bits per heavy atom. The van der Waals surface area contributed by atoms with Crippen molar-refractivity contribution >= 4 is 34.2 Å². The lowest BCUT2D eigenvalue weighted by molar-refractivity contribution is 0.0601. The molecular formula is C18H19NO6S. The Bertz CT molecular complexity index is 842. The second-order valence-corrected chi connectivity index (χ2v) is 6.18. The SMILES string of the molecule is CCOc1cccc(C(=O)Nc2sc(C(=O)OC)c(C)c2C(=O)OC)c1. The highest BCUT2D eigenvalue weighted by Gasteiger charge is 2.27. The van der Waals surface area contributed by atoms with Crippen molar-refractivity contribution in [2.24, 2.45) is 0 Å². The van der Waals surface area contributed by atoms with Gasteiger partial charge < -0.3 is 19.5 Å². The van der Waals surface area contributed by atoms with E-state index in [0.717, 1.165) is 11.3 Å². The van der Waals surface area contributed by atoms with Crippen LogP contribution in [0.25, 0.3) is 0 Å². The molecule has 8 heteroatoms. The predicted octanol–water partition coefficient (Wildman–Crippen LogP) is 3.28. The Kier molecular flexibility index (Phi) is 6.35. The molecule has 0 aliphatic heterocycles. The molecule has 1 aromatic carbocycles. The fourth-order valence-electron chi connectivity index (χ4n) is 2.31. The van der Waals surface area contributed by atoms with Gasteiger partial charge in [-0.3, -0.25) is 4.79 Å². The third-order valence-electron chi connectivity index (χ3n) is 3.54. The predicted molar refractivity (Wildman–Crippen MR) is 97.3 cm³/mol. The summed E-state index contributed by atoms with van der Waals surface area (Å²) in [5.74, 6) is -1.11. The lowest BCUT2D eigenvalue weighted by Gasteiger charge is -2.08. The minimum atomic E-state index is -0.646. The monoisotopic (exact) mass is 377 g/mol. The number of anilines is 1. The van der Waals surface area contributed by atoms with Crippen LogP contribution in [0.15, 0.2) is 24.3 Å². The molecule has 0 fully saturated rings. The summed E-state index contributed by atoms with van der Waals surface area (Å²) in [6.07, 6.45) is 0. The van der Waals surface area contributed by atoms with Gasteiger partial charge in [-0.25, -0.2) is 9.59 Å². The van der Waals surface area contributed by atoms with E-state index in [0.29, 0.717) is 23.5 Å². The van der Waals surface area contributed by atoms with E-state index in [2.05, 4.69) is 5.32 Å². The normalized spacial score (nSPS) is 10.2. The zero-order chi connectivity index (χ0) is 19.3. The van der Waals surface area contributed by atoms with Gasteiger partial charge >= 0.3 is 11.9 Å². The van der Waals surface area contributed by atoms with Crippen LogP contribution in [0.3, 0.4) is 0 Å². The van der Waals surface area contributed by atoms with Crippen LogP contribution >= 0.6 is 11.3 Å². The minimum absolute atomic E-state index is 0.132. The van der Waals surface area contributed by atoms with E-state index in [1.807, 2.05) is 6.92 Å². The van der Waals surface area contributed by atoms with Crippen molar-refractivity contribution in [2.45, 2.75) is 13.8 Å². The van der Waals surface area contributed by atoms with E-state index >= 15 is 0 Å². The van der Waals surface area contributed by atoms with Crippen LogP contribution in [0.1, 0.15) is 42.9 Å². The Labute approximate surface area is 154 Å². The zero-order valence-electron chi connectivity index (χ0n) is 14.9. The van der Waals surface area contributed by atoms with Crippen LogP contribution in [0, 0.1) is 6.92 Å². The standard InChI is InChI=1S/C18H19NO6S/c1-5-25-12-8-6-7-11(9-12)15(20)19-16-13(17(21)23-3)10(2)14(26-16)18(22)24-4/h6-9H,5H2,1-4H3,(H,19,20). The highest BCUT2D eigenvalue weighted by Crippen LogP contribution is 2.34. The first-order valence-corrected chi connectivity index (χ1v) is 8.58. The first kappa shape index (κ1) is 19.5. The number of carbonyl (C=O) groups is 3. The number of hydrogen-bond acceptors (Lipinski definition) is 7. The number of methoxy groups -OCH3 is 2. The first-order chi connectivity index (χ1) is 12.4. The Balaban J connectivity index is 2.38. The smallest absolute Gasteiger partial charge is 0.348 e. The summed E-state index contributed by atoms with van der Waals surface area (Å²) in [5.41, 5.74) is 0.886. The van der Waals surface area contributed by atoms with E-state index in [1.54, 1.807) is 31.2 Å². The molecule has 0 bridgehead atoms. The van der Waals surface area contributed by atoms with Gasteiger partial charge in [-0.1, -0.05) is 6.07 Å². The molecule has 1 heterocycles. The molecule has 0 saturated carbocycles. The van der Waals surface area contributed by atoms with E-state index < -0.39 is 17.8 Å². The van der Waals surface area contributed by atoms with Crippen LogP contribution in [0.4, 0.5) is 5.00 Å². The number of hydrogen-bond donors (Lipinski definition) is 1. The third kappa shape index (κ3) is 4.02. The molecule has 26 heavy (non-hydrogen) atoms. The molecule has 1 aromatic heterocycles. The number of carbonyl (C=O) groups excluding carboxylic acids is 3. The largest absolute Gasteiger partial charge is 0.494 e. The second-order valence-electron chi connectivity index (χ2n) is 5.16. The molecule has 0 spiro atoms. The van der Waals surface area contributed by atoms with Crippen LogP contribution in [-0.2, 0) is 9.47 Å². The summed E-state index contributed by atoms with van der Waals surface area (Å²) in [6.45, 7) is 3.92. The molecule has 0 aliphatic carbocycles. The van der Waals surface area contributed by atoms with Gasteiger partial charge in [0.05, 0.1) is 26.4 Å². The molecule has 0 aliphatic rings. The maximum absolute atomic E-state index is 12.6. The molecule has 7 nitrogen and oxygen atoms in total. The van der Waals surface area contributed by atoms with Gasteiger partial charge in [0, 0.05) is 5.56 Å². The number of thiophene rings is 1. The van der Waals surface area contributed by atoms with Crippen molar-refractivity contribution in [1.29, 1.82) is 0 Å². The second kappa shape index (κ2) is 8.48. The maximum atomic E-state index is 12.6. The number of benzene rings is 1. The average molecular weight is 377 g/mol. The average Bonchev–Trinajstić information content (AvgIpc) is 2.97. The maximum Gasteiger partial charge on any atom is 0.348 e. The Hall–Kier alpha value is -2.87.